The minimum Gasteiger partial charge on any atom is -0.508 e. The SMILES string of the molecule is CN1C[C@H](c2ccc([N+](=O)[O-])o2)[C@@H](C(=O)c2cccc(O)c2)C12C(=O)c1ccccc1C2=O. The highest BCUT2D eigenvalue weighted by Crippen LogP contribution is 2.52. The minimum absolute atomic E-state index is 0.0886. The molecule has 166 valence electrons. The van der Waals surface area contributed by atoms with E-state index in [1.54, 1.807) is 36.2 Å². The molecule has 0 bridgehead atoms. The van der Waals surface area contributed by atoms with Crippen LogP contribution in [0, 0.1) is 16.0 Å². The molecule has 9 heteroatoms. The van der Waals surface area contributed by atoms with Gasteiger partial charge >= 0.3 is 5.88 Å². The average Bonchev–Trinajstić information content (AvgIpc) is 3.46. The van der Waals surface area contributed by atoms with Crippen LogP contribution in [0.2, 0.25) is 0 Å². The summed E-state index contributed by atoms with van der Waals surface area (Å²) in [6, 6.07) is 14.7. The van der Waals surface area contributed by atoms with Crippen molar-refractivity contribution in [2.24, 2.45) is 5.92 Å². The maximum atomic E-state index is 13.9. The second kappa shape index (κ2) is 7.21. The third kappa shape index (κ3) is 2.79. The lowest BCUT2D eigenvalue weighted by molar-refractivity contribution is -0.402. The Morgan fingerprint density at radius 2 is 1.76 bits per heavy atom. The molecular formula is C24H18N2O7. The number of hydrogen-bond donors (Lipinski definition) is 1. The molecule has 1 aliphatic heterocycles. The van der Waals surface area contributed by atoms with Gasteiger partial charge < -0.3 is 9.52 Å². The number of carbonyl (C=O) groups is 3. The Bertz CT molecular complexity index is 1310. The van der Waals surface area contributed by atoms with E-state index in [-0.39, 0.29) is 34.7 Å². The molecule has 33 heavy (non-hydrogen) atoms. The van der Waals surface area contributed by atoms with Crippen molar-refractivity contribution in [1.82, 2.24) is 4.90 Å². The van der Waals surface area contributed by atoms with Crippen molar-refractivity contribution < 1.29 is 28.8 Å². The van der Waals surface area contributed by atoms with Gasteiger partial charge in [-0.1, -0.05) is 36.4 Å². The number of ketones is 3. The molecule has 3 aromatic rings. The summed E-state index contributed by atoms with van der Waals surface area (Å²) in [6.07, 6.45) is 0. The van der Waals surface area contributed by atoms with Crippen LogP contribution in [0.25, 0.3) is 0 Å². The number of Topliss-reactive ketones (excluding diaryl/α,β-unsaturated/α-hetero) is 3. The van der Waals surface area contributed by atoms with E-state index < -0.39 is 45.5 Å². The highest BCUT2D eigenvalue weighted by Gasteiger charge is 2.68. The number of fused-ring (bicyclic) bond motifs is 1. The molecular weight excluding hydrogens is 428 g/mol. The number of carbonyl (C=O) groups excluding carboxylic acids is 3. The van der Waals surface area contributed by atoms with Gasteiger partial charge in [-0.15, -0.1) is 0 Å². The number of phenols is 1. The van der Waals surface area contributed by atoms with Crippen LogP contribution in [0.4, 0.5) is 5.88 Å². The Hall–Kier alpha value is -4.11. The average molecular weight is 446 g/mol. The predicted octanol–water partition coefficient (Wildman–Crippen LogP) is 3.24. The minimum atomic E-state index is -1.82. The van der Waals surface area contributed by atoms with Crippen LogP contribution >= 0.6 is 0 Å². The van der Waals surface area contributed by atoms with Crippen molar-refractivity contribution >= 4 is 23.2 Å². The van der Waals surface area contributed by atoms with Crippen LogP contribution < -0.4 is 0 Å². The molecule has 2 atom stereocenters. The molecule has 1 saturated heterocycles. The number of hydrogen-bond acceptors (Lipinski definition) is 8. The molecule has 1 fully saturated rings. The fourth-order valence-electron chi connectivity index (χ4n) is 5.20. The number of aromatic hydroxyl groups is 1. The summed E-state index contributed by atoms with van der Waals surface area (Å²) in [7, 11) is 1.59. The Balaban J connectivity index is 1.71. The molecule has 2 aliphatic rings. The quantitative estimate of drug-likeness (QED) is 0.280. The third-order valence-electron chi connectivity index (χ3n) is 6.60. The molecule has 1 N–H and O–H groups in total. The van der Waals surface area contributed by atoms with E-state index >= 15 is 0 Å². The van der Waals surface area contributed by atoms with Crippen LogP contribution in [0.15, 0.2) is 65.1 Å². The standard InChI is InChI=1S/C24H18N2O7/c1-25-12-17(18-9-10-19(33-18)26(31)32)20(21(28)13-5-4-6-14(27)11-13)24(25)22(29)15-7-2-3-8-16(15)23(24)30/h2-11,17,20,27H,12H2,1H3/t17-,20+/m1/s1. The lowest BCUT2D eigenvalue weighted by Gasteiger charge is -2.33. The van der Waals surface area contributed by atoms with Gasteiger partial charge in [-0.3, -0.25) is 29.4 Å². The van der Waals surface area contributed by atoms with E-state index in [1.165, 1.54) is 36.4 Å². The van der Waals surface area contributed by atoms with Crippen LogP contribution in [-0.2, 0) is 0 Å². The first-order valence-electron chi connectivity index (χ1n) is 10.2. The van der Waals surface area contributed by atoms with Gasteiger partial charge in [0.25, 0.3) is 0 Å². The molecule has 0 saturated carbocycles. The Kier molecular flexibility index (Phi) is 4.54. The predicted molar refractivity (Wildman–Crippen MR) is 114 cm³/mol. The summed E-state index contributed by atoms with van der Waals surface area (Å²) < 4.78 is 5.42. The molecule has 9 nitrogen and oxygen atoms in total. The van der Waals surface area contributed by atoms with E-state index in [9.17, 15) is 29.6 Å². The molecule has 5 rings (SSSR count). The second-order valence-corrected chi connectivity index (χ2v) is 8.28. The normalized spacial score (nSPS) is 21.5. The van der Waals surface area contributed by atoms with Gasteiger partial charge in [0, 0.05) is 29.2 Å². The van der Waals surface area contributed by atoms with Gasteiger partial charge in [0.2, 0.25) is 0 Å². The Labute approximate surface area is 187 Å². The first-order chi connectivity index (χ1) is 15.8. The summed E-state index contributed by atoms with van der Waals surface area (Å²) in [5, 5.41) is 21.1. The zero-order valence-corrected chi connectivity index (χ0v) is 17.4. The van der Waals surface area contributed by atoms with E-state index in [4.69, 9.17) is 4.42 Å². The van der Waals surface area contributed by atoms with Crippen molar-refractivity contribution in [3.8, 4) is 5.75 Å². The highest BCUT2D eigenvalue weighted by molar-refractivity contribution is 6.35. The van der Waals surface area contributed by atoms with Gasteiger partial charge in [-0.05, 0) is 25.2 Å². The fourth-order valence-corrected chi connectivity index (χ4v) is 5.20. The van der Waals surface area contributed by atoms with Gasteiger partial charge in [0.15, 0.2) is 22.9 Å². The summed E-state index contributed by atoms with van der Waals surface area (Å²) in [6.45, 7) is 0.0886. The van der Waals surface area contributed by atoms with E-state index in [0.29, 0.717) is 0 Å². The summed E-state index contributed by atoms with van der Waals surface area (Å²) >= 11 is 0. The lowest BCUT2D eigenvalue weighted by atomic mass is 9.71. The molecule has 0 radical (unpaired) electrons. The topological polar surface area (TPSA) is 131 Å². The molecule has 0 amide bonds. The van der Waals surface area contributed by atoms with Crippen molar-refractivity contribution in [3.05, 3.63) is 93.2 Å². The van der Waals surface area contributed by atoms with Crippen LogP contribution in [0.1, 0.15) is 42.8 Å². The van der Waals surface area contributed by atoms with Crippen molar-refractivity contribution in [2.45, 2.75) is 11.5 Å². The maximum absolute atomic E-state index is 13.9. The first kappa shape index (κ1) is 20.8. The number of furan rings is 1. The van der Waals surface area contributed by atoms with E-state index in [2.05, 4.69) is 0 Å². The maximum Gasteiger partial charge on any atom is 0.433 e. The molecule has 2 heterocycles. The smallest absolute Gasteiger partial charge is 0.433 e. The first-order valence-corrected chi connectivity index (χ1v) is 10.2. The third-order valence-corrected chi connectivity index (χ3v) is 6.60. The van der Waals surface area contributed by atoms with Crippen molar-refractivity contribution in [1.29, 1.82) is 0 Å². The Morgan fingerprint density at radius 3 is 2.33 bits per heavy atom. The molecule has 1 aliphatic carbocycles. The van der Waals surface area contributed by atoms with Gasteiger partial charge in [-0.25, -0.2) is 0 Å². The van der Waals surface area contributed by atoms with Gasteiger partial charge in [0.1, 0.15) is 16.4 Å². The number of nitro groups is 1. The number of likely N-dealkylation sites (tertiary alicyclic amines) is 1. The number of benzene rings is 2. The van der Waals surface area contributed by atoms with Crippen molar-refractivity contribution in [2.75, 3.05) is 13.6 Å². The lowest BCUT2D eigenvalue weighted by Crippen LogP contribution is -2.57. The number of phenolic OH excluding ortho intramolecular Hbond substituents is 1. The summed E-state index contributed by atoms with van der Waals surface area (Å²) in [4.78, 5) is 53.4. The largest absolute Gasteiger partial charge is 0.508 e. The van der Waals surface area contributed by atoms with E-state index in [0.717, 1.165) is 0 Å². The van der Waals surface area contributed by atoms with Crippen LogP contribution in [0.3, 0.4) is 0 Å². The van der Waals surface area contributed by atoms with Gasteiger partial charge in [0.05, 0.1) is 12.0 Å². The van der Waals surface area contributed by atoms with Crippen LogP contribution in [-0.4, -0.2) is 51.4 Å². The monoisotopic (exact) mass is 446 g/mol. The highest BCUT2D eigenvalue weighted by atomic mass is 16.6. The molecule has 1 spiro atoms. The number of nitrogens with zero attached hydrogens (tertiary/aromatic N) is 2. The van der Waals surface area contributed by atoms with Crippen LogP contribution in [0.5, 0.6) is 5.75 Å². The number of rotatable bonds is 4. The fraction of sp³-hybridized carbons (Fsp3) is 0.208. The second-order valence-electron chi connectivity index (χ2n) is 8.28. The molecule has 2 aromatic carbocycles. The Morgan fingerprint density at radius 1 is 1.09 bits per heavy atom. The van der Waals surface area contributed by atoms with Crippen molar-refractivity contribution in [3.63, 3.8) is 0 Å². The number of likely N-dealkylation sites (N-methyl/N-ethyl adjacent to an activating group) is 1. The zero-order chi connectivity index (χ0) is 23.5. The zero-order valence-electron chi connectivity index (χ0n) is 17.4. The van der Waals surface area contributed by atoms with Gasteiger partial charge in [-0.2, -0.15) is 0 Å². The summed E-state index contributed by atoms with van der Waals surface area (Å²) in [5.41, 5.74) is -1.24. The summed E-state index contributed by atoms with van der Waals surface area (Å²) in [5.74, 6) is -4.04. The molecule has 1 aromatic heterocycles. The van der Waals surface area contributed by atoms with E-state index in [1.807, 2.05) is 0 Å². The molecule has 0 unspecified atom stereocenters.